The van der Waals surface area contributed by atoms with E-state index < -0.39 is 11.2 Å². The fraction of sp³-hybridized carbons (Fsp3) is 0.917. The highest BCUT2D eigenvalue weighted by Gasteiger charge is 2.34. The van der Waals surface area contributed by atoms with Crippen molar-refractivity contribution in [1.29, 1.82) is 0 Å². The number of rotatable bonds is 2. The summed E-state index contributed by atoms with van der Waals surface area (Å²) in [5, 5.41) is 10.1. The molecule has 0 aromatic carbocycles. The van der Waals surface area contributed by atoms with E-state index in [0.717, 1.165) is 0 Å². The number of hydrogen-bond donors (Lipinski definition) is 1. The molecule has 1 aliphatic heterocycles. The molecule has 100 valence electrons. The second-order valence-electron chi connectivity index (χ2n) is 5.63. The summed E-state index contributed by atoms with van der Waals surface area (Å²) in [5.41, 5.74) is -1.18. The number of nitrogens with zero attached hydrogens (tertiary/aromatic N) is 1. The number of carbonyl (C=O) groups is 1. The molecule has 0 aromatic heterocycles. The minimum atomic E-state index is -0.708. The van der Waals surface area contributed by atoms with Gasteiger partial charge in [0.1, 0.15) is 5.60 Å². The van der Waals surface area contributed by atoms with Crippen LogP contribution in [0.3, 0.4) is 0 Å². The number of alkyl halides is 1. The quantitative estimate of drug-likeness (QED) is 0.779. The number of aliphatic hydroxyl groups is 1. The number of carbonyl (C=O) groups excluding carboxylic acids is 1. The maximum absolute atomic E-state index is 11.8. The zero-order valence-corrected chi connectivity index (χ0v) is 11.6. The lowest BCUT2D eigenvalue weighted by atomic mass is 9.89. The highest BCUT2D eigenvalue weighted by molar-refractivity contribution is 6.17. The summed E-state index contributed by atoms with van der Waals surface area (Å²) in [6.07, 6.45) is 1.42. The van der Waals surface area contributed by atoms with Crippen LogP contribution in [0.15, 0.2) is 0 Å². The Morgan fingerprint density at radius 3 is 2.35 bits per heavy atom. The molecule has 0 bridgehead atoms. The fourth-order valence-electron chi connectivity index (χ4n) is 1.86. The van der Waals surface area contributed by atoms with Crippen molar-refractivity contribution in [1.82, 2.24) is 4.90 Å². The van der Waals surface area contributed by atoms with E-state index in [1.807, 2.05) is 20.8 Å². The molecule has 1 saturated heterocycles. The molecular weight excluding hydrogens is 242 g/mol. The summed E-state index contributed by atoms with van der Waals surface area (Å²) in [5.74, 6) is 0.447. The second kappa shape index (κ2) is 5.44. The molecule has 1 fully saturated rings. The lowest BCUT2D eigenvalue weighted by Gasteiger charge is -2.38. The SMILES string of the molecule is CC(C)(C)OC(=O)N1CCC(O)(CCCl)CC1. The molecule has 5 heteroatoms. The number of ether oxygens (including phenoxy) is 1. The lowest BCUT2D eigenvalue weighted by molar-refractivity contribution is -0.0333. The zero-order valence-electron chi connectivity index (χ0n) is 10.8. The number of likely N-dealkylation sites (tertiary alicyclic amines) is 1. The molecule has 0 aromatic rings. The van der Waals surface area contributed by atoms with Crippen LogP contribution in [-0.4, -0.2) is 46.3 Å². The van der Waals surface area contributed by atoms with Gasteiger partial charge in [0.15, 0.2) is 0 Å². The molecule has 0 atom stereocenters. The van der Waals surface area contributed by atoms with E-state index in [4.69, 9.17) is 16.3 Å². The summed E-state index contributed by atoms with van der Waals surface area (Å²) in [6, 6.07) is 0. The van der Waals surface area contributed by atoms with Gasteiger partial charge in [-0.1, -0.05) is 0 Å². The van der Waals surface area contributed by atoms with Crippen molar-refractivity contribution in [2.75, 3.05) is 19.0 Å². The highest BCUT2D eigenvalue weighted by Crippen LogP contribution is 2.26. The van der Waals surface area contributed by atoms with E-state index in [-0.39, 0.29) is 6.09 Å². The second-order valence-corrected chi connectivity index (χ2v) is 6.01. The summed E-state index contributed by atoms with van der Waals surface area (Å²) in [4.78, 5) is 13.4. The predicted octanol–water partition coefficient (Wildman–Crippen LogP) is 2.38. The lowest BCUT2D eigenvalue weighted by Crippen LogP contribution is -2.48. The van der Waals surface area contributed by atoms with Gasteiger partial charge in [0, 0.05) is 19.0 Å². The van der Waals surface area contributed by atoms with E-state index in [1.165, 1.54) is 0 Å². The molecular formula is C12H22ClNO3. The van der Waals surface area contributed by atoms with Gasteiger partial charge < -0.3 is 14.7 Å². The normalized spacial score (nSPS) is 20.2. The summed E-state index contributed by atoms with van der Waals surface area (Å²) >= 11 is 5.65. The number of piperidine rings is 1. The molecule has 0 saturated carbocycles. The van der Waals surface area contributed by atoms with Gasteiger partial charge in [-0.2, -0.15) is 0 Å². The number of hydrogen-bond acceptors (Lipinski definition) is 3. The molecule has 0 unspecified atom stereocenters. The van der Waals surface area contributed by atoms with Crippen molar-refractivity contribution < 1.29 is 14.6 Å². The molecule has 0 aliphatic carbocycles. The van der Waals surface area contributed by atoms with Crippen LogP contribution in [0, 0.1) is 0 Å². The van der Waals surface area contributed by atoms with E-state index in [2.05, 4.69) is 0 Å². The Hall–Kier alpha value is -0.480. The molecule has 1 rings (SSSR count). The maximum atomic E-state index is 11.8. The molecule has 17 heavy (non-hydrogen) atoms. The monoisotopic (exact) mass is 263 g/mol. The molecule has 4 nitrogen and oxygen atoms in total. The fourth-order valence-corrected chi connectivity index (χ4v) is 2.21. The smallest absolute Gasteiger partial charge is 0.410 e. The van der Waals surface area contributed by atoms with E-state index in [1.54, 1.807) is 4.90 Å². The van der Waals surface area contributed by atoms with Crippen LogP contribution in [0.2, 0.25) is 0 Å². The van der Waals surface area contributed by atoms with Crippen molar-refractivity contribution >= 4 is 17.7 Å². The molecule has 1 heterocycles. The molecule has 1 amide bonds. The highest BCUT2D eigenvalue weighted by atomic mass is 35.5. The third-order valence-corrected chi connectivity index (χ3v) is 3.09. The minimum Gasteiger partial charge on any atom is -0.444 e. The van der Waals surface area contributed by atoms with Gasteiger partial charge >= 0.3 is 6.09 Å². The first-order chi connectivity index (χ1) is 7.76. The van der Waals surface area contributed by atoms with Crippen LogP contribution in [0.5, 0.6) is 0 Å². The Labute approximate surface area is 108 Å². The topological polar surface area (TPSA) is 49.8 Å². The predicted molar refractivity (Wildman–Crippen MR) is 67.3 cm³/mol. The Bertz CT molecular complexity index is 267. The van der Waals surface area contributed by atoms with Gasteiger partial charge in [-0.15, -0.1) is 11.6 Å². The van der Waals surface area contributed by atoms with Gasteiger partial charge in [-0.05, 0) is 40.0 Å². The zero-order chi connectivity index (χ0) is 13.1. The first-order valence-electron chi connectivity index (χ1n) is 6.02. The van der Waals surface area contributed by atoms with E-state index in [9.17, 15) is 9.90 Å². The van der Waals surface area contributed by atoms with Gasteiger partial charge in [0.2, 0.25) is 0 Å². The molecule has 0 radical (unpaired) electrons. The molecule has 1 aliphatic rings. The van der Waals surface area contributed by atoms with Gasteiger partial charge in [-0.25, -0.2) is 4.79 Å². The van der Waals surface area contributed by atoms with Crippen molar-refractivity contribution in [2.45, 2.75) is 51.2 Å². The third kappa shape index (κ3) is 4.72. The van der Waals surface area contributed by atoms with Crippen LogP contribution >= 0.6 is 11.6 Å². The molecule has 0 spiro atoms. The minimum absolute atomic E-state index is 0.301. The average molecular weight is 264 g/mol. The first-order valence-corrected chi connectivity index (χ1v) is 6.55. The van der Waals surface area contributed by atoms with Gasteiger partial charge in [0.25, 0.3) is 0 Å². The Morgan fingerprint density at radius 1 is 1.41 bits per heavy atom. The Kier molecular flexibility index (Phi) is 4.67. The Morgan fingerprint density at radius 2 is 1.94 bits per heavy atom. The first kappa shape index (κ1) is 14.6. The number of halogens is 1. The van der Waals surface area contributed by atoms with Crippen molar-refractivity contribution in [3.63, 3.8) is 0 Å². The van der Waals surface area contributed by atoms with E-state index >= 15 is 0 Å². The van der Waals surface area contributed by atoms with Gasteiger partial charge in [-0.3, -0.25) is 0 Å². The van der Waals surface area contributed by atoms with Crippen molar-refractivity contribution in [3.05, 3.63) is 0 Å². The summed E-state index contributed by atoms with van der Waals surface area (Å²) in [7, 11) is 0. The standard InChI is InChI=1S/C12H22ClNO3/c1-11(2,3)17-10(15)14-8-5-12(16,4-7-13)6-9-14/h16H,4-9H2,1-3H3. The largest absolute Gasteiger partial charge is 0.444 e. The van der Waals surface area contributed by atoms with Gasteiger partial charge in [0.05, 0.1) is 5.60 Å². The summed E-state index contributed by atoms with van der Waals surface area (Å²) < 4.78 is 5.28. The summed E-state index contributed by atoms with van der Waals surface area (Å²) in [6.45, 7) is 6.60. The van der Waals surface area contributed by atoms with Crippen LogP contribution in [-0.2, 0) is 4.74 Å². The maximum Gasteiger partial charge on any atom is 0.410 e. The van der Waals surface area contributed by atoms with Crippen LogP contribution in [0.25, 0.3) is 0 Å². The Balaban J connectivity index is 2.44. The van der Waals surface area contributed by atoms with Crippen molar-refractivity contribution in [3.8, 4) is 0 Å². The van der Waals surface area contributed by atoms with Crippen molar-refractivity contribution in [2.24, 2.45) is 0 Å². The number of amides is 1. The van der Waals surface area contributed by atoms with Crippen LogP contribution < -0.4 is 0 Å². The van der Waals surface area contributed by atoms with Crippen LogP contribution in [0.1, 0.15) is 40.0 Å². The molecule has 1 N–H and O–H groups in total. The third-order valence-electron chi connectivity index (χ3n) is 2.91. The van der Waals surface area contributed by atoms with Crippen LogP contribution in [0.4, 0.5) is 4.79 Å². The van der Waals surface area contributed by atoms with E-state index in [0.29, 0.717) is 38.2 Å². The average Bonchev–Trinajstić information content (AvgIpc) is 2.15.